The van der Waals surface area contributed by atoms with Crippen LogP contribution in [0.4, 0.5) is 0 Å². The van der Waals surface area contributed by atoms with Crippen molar-refractivity contribution >= 4 is 27.6 Å². The highest BCUT2D eigenvalue weighted by Crippen LogP contribution is 2.38. The van der Waals surface area contributed by atoms with E-state index in [4.69, 9.17) is 5.11 Å². The zero-order valence-electron chi connectivity index (χ0n) is 13.8. The SMILES string of the molecule is CC(C)(C)N1C(=O)C(=NCCC(=O)O)C(c2ccccc2)S1(=O)=O. The molecule has 8 heteroatoms. The Kier molecular flexibility index (Phi) is 4.80. The molecule has 7 nitrogen and oxygen atoms in total. The van der Waals surface area contributed by atoms with E-state index < -0.39 is 32.7 Å². The van der Waals surface area contributed by atoms with Crippen LogP contribution in [0.2, 0.25) is 0 Å². The molecule has 1 aromatic rings. The summed E-state index contributed by atoms with van der Waals surface area (Å²) in [5.41, 5.74) is -0.628. The molecular weight excluding hydrogens is 332 g/mol. The van der Waals surface area contributed by atoms with Crippen molar-refractivity contribution in [3.05, 3.63) is 35.9 Å². The number of sulfonamides is 1. The van der Waals surface area contributed by atoms with Gasteiger partial charge in [0.2, 0.25) is 0 Å². The topological polar surface area (TPSA) is 104 Å². The van der Waals surface area contributed by atoms with Gasteiger partial charge in [-0.1, -0.05) is 30.3 Å². The molecule has 1 amide bonds. The number of carboxylic acids is 1. The van der Waals surface area contributed by atoms with E-state index in [0.717, 1.165) is 4.31 Å². The molecule has 1 aliphatic rings. The Hall–Kier alpha value is -2.22. The lowest BCUT2D eigenvalue weighted by Gasteiger charge is -2.30. The quantitative estimate of drug-likeness (QED) is 0.886. The summed E-state index contributed by atoms with van der Waals surface area (Å²) in [5, 5.41) is 7.53. The average molecular weight is 352 g/mol. The number of rotatable bonds is 4. The number of amides is 1. The van der Waals surface area contributed by atoms with Crippen LogP contribution in [0.15, 0.2) is 35.3 Å². The van der Waals surface area contributed by atoms with Gasteiger partial charge in [-0.25, -0.2) is 12.7 Å². The molecule has 0 spiro atoms. The molecule has 130 valence electrons. The number of carbonyl (C=O) groups is 2. The molecule has 0 aromatic heterocycles. The van der Waals surface area contributed by atoms with Crippen LogP contribution in [0.25, 0.3) is 0 Å². The number of hydrogen-bond donors (Lipinski definition) is 1. The summed E-state index contributed by atoms with van der Waals surface area (Å²) in [6, 6.07) is 8.35. The molecule has 0 bridgehead atoms. The Bertz CT molecular complexity index is 778. The van der Waals surface area contributed by atoms with Gasteiger partial charge in [0.1, 0.15) is 5.71 Å². The molecule has 1 atom stereocenters. The molecule has 1 saturated heterocycles. The van der Waals surface area contributed by atoms with Crippen molar-refractivity contribution < 1.29 is 23.1 Å². The lowest BCUT2D eigenvalue weighted by Crippen LogP contribution is -2.45. The number of nitrogens with zero attached hydrogens (tertiary/aromatic N) is 2. The van der Waals surface area contributed by atoms with Gasteiger partial charge < -0.3 is 5.11 Å². The van der Waals surface area contributed by atoms with Crippen molar-refractivity contribution in [1.82, 2.24) is 4.31 Å². The fourth-order valence-electron chi connectivity index (χ4n) is 2.64. The summed E-state index contributed by atoms with van der Waals surface area (Å²) in [7, 11) is -3.98. The molecule has 1 aliphatic heterocycles. The van der Waals surface area contributed by atoms with Crippen LogP contribution in [0.1, 0.15) is 38.0 Å². The van der Waals surface area contributed by atoms with Crippen LogP contribution < -0.4 is 0 Å². The number of carbonyl (C=O) groups excluding carboxylic acids is 1. The average Bonchev–Trinajstić information content (AvgIpc) is 2.65. The second-order valence-electron chi connectivity index (χ2n) is 6.49. The number of aliphatic imine (C=N–C) groups is 1. The van der Waals surface area contributed by atoms with Crippen LogP contribution >= 0.6 is 0 Å². The van der Waals surface area contributed by atoms with E-state index in [2.05, 4.69) is 4.99 Å². The lowest BCUT2D eigenvalue weighted by atomic mass is 10.1. The molecule has 1 N–H and O–H groups in total. The molecule has 1 unspecified atom stereocenters. The molecule has 1 fully saturated rings. The second kappa shape index (κ2) is 6.35. The Morgan fingerprint density at radius 3 is 2.33 bits per heavy atom. The Balaban J connectivity index is 2.57. The molecular formula is C16H20N2O5S. The zero-order chi connectivity index (χ0) is 18.1. The second-order valence-corrected chi connectivity index (χ2v) is 8.35. The van der Waals surface area contributed by atoms with E-state index >= 15 is 0 Å². The van der Waals surface area contributed by atoms with E-state index in [1.165, 1.54) is 0 Å². The van der Waals surface area contributed by atoms with Crippen molar-refractivity contribution in [3.63, 3.8) is 0 Å². The van der Waals surface area contributed by atoms with Gasteiger partial charge in [-0.15, -0.1) is 0 Å². The summed E-state index contributed by atoms with van der Waals surface area (Å²) in [6.45, 7) is 4.74. The highest BCUT2D eigenvalue weighted by molar-refractivity contribution is 7.91. The molecule has 0 radical (unpaired) electrons. The van der Waals surface area contributed by atoms with Crippen molar-refractivity contribution in [3.8, 4) is 0 Å². The minimum absolute atomic E-state index is 0.127. The predicted octanol–water partition coefficient (Wildman–Crippen LogP) is 1.61. The normalized spacial score (nSPS) is 22.1. The van der Waals surface area contributed by atoms with Crippen LogP contribution in [0.3, 0.4) is 0 Å². The number of aliphatic carboxylic acids is 1. The van der Waals surface area contributed by atoms with E-state index in [0.29, 0.717) is 5.56 Å². The molecule has 0 aliphatic carbocycles. The largest absolute Gasteiger partial charge is 0.481 e. The first-order valence-electron chi connectivity index (χ1n) is 7.46. The van der Waals surface area contributed by atoms with Gasteiger partial charge in [-0.3, -0.25) is 14.6 Å². The number of carboxylic acid groups (broad SMARTS) is 1. The van der Waals surface area contributed by atoms with Gasteiger partial charge in [-0.2, -0.15) is 0 Å². The third-order valence-corrected chi connectivity index (χ3v) is 5.84. The molecule has 1 heterocycles. The lowest BCUT2D eigenvalue weighted by molar-refractivity contribution is -0.136. The third kappa shape index (κ3) is 3.33. The third-order valence-electron chi connectivity index (χ3n) is 3.52. The predicted molar refractivity (Wildman–Crippen MR) is 89.3 cm³/mol. The Labute approximate surface area is 141 Å². The standard InChI is InChI=1S/C16H20N2O5S/c1-16(2,3)18-15(21)13(17-10-9-12(19)20)14(24(18,22)23)11-7-5-4-6-8-11/h4-8,14H,9-10H2,1-3H3,(H,19,20). The van der Waals surface area contributed by atoms with Gasteiger partial charge in [0.15, 0.2) is 5.25 Å². The van der Waals surface area contributed by atoms with E-state index in [9.17, 15) is 18.0 Å². The van der Waals surface area contributed by atoms with Crippen LogP contribution in [0, 0.1) is 0 Å². The summed E-state index contributed by atoms with van der Waals surface area (Å²) < 4.78 is 26.8. The molecule has 24 heavy (non-hydrogen) atoms. The summed E-state index contributed by atoms with van der Waals surface area (Å²) in [6.07, 6.45) is -0.270. The van der Waals surface area contributed by atoms with E-state index in [1.54, 1.807) is 51.1 Å². The van der Waals surface area contributed by atoms with Crippen molar-refractivity contribution in [2.45, 2.75) is 38.0 Å². The Morgan fingerprint density at radius 2 is 1.83 bits per heavy atom. The maximum Gasteiger partial charge on any atom is 0.305 e. The summed E-state index contributed by atoms with van der Waals surface area (Å²) in [5.74, 6) is -1.75. The summed E-state index contributed by atoms with van der Waals surface area (Å²) in [4.78, 5) is 27.4. The van der Waals surface area contributed by atoms with Gasteiger partial charge in [0.05, 0.1) is 18.5 Å². The first-order chi connectivity index (χ1) is 11.1. The fraction of sp³-hybridized carbons (Fsp3) is 0.438. The molecule has 1 aromatic carbocycles. The first-order valence-corrected chi connectivity index (χ1v) is 8.97. The maximum atomic E-state index is 13.0. The van der Waals surface area contributed by atoms with Crippen LogP contribution in [-0.2, 0) is 19.6 Å². The highest BCUT2D eigenvalue weighted by Gasteiger charge is 2.54. The van der Waals surface area contributed by atoms with Gasteiger partial charge in [0.25, 0.3) is 15.9 Å². The van der Waals surface area contributed by atoms with Gasteiger partial charge >= 0.3 is 5.97 Å². The highest BCUT2D eigenvalue weighted by atomic mass is 32.2. The summed E-state index contributed by atoms with van der Waals surface area (Å²) >= 11 is 0. The van der Waals surface area contributed by atoms with Gasteiger partial charge in [-0.05, 0) is 26.3 Å². The molecule has 2 rings (SSSR count). The van der Waals surface area contributed by atoms with Crippen LogP contribution in [-0.4, -0.2) is 47.5 Å². The van der Waals surface area contributed by atoms with Crippen molar-refractivity contribution in [2.75, 3.05) is 6.54 Å². The Morgan fingerprint density at radius 1 is 1.25 bits per heavy atom. The molecule has 0 saturated carbocycles. The van der Waals surface area contributed by atoms with Gasteiger partial charge in [0, 0.05) is 0 Å². The van der Waals surface area contributed by atoms with E-state index in [1.807, 2.05) is 0 Å². The van der Waals surface area contributed by atoms with Crippen molar-refractivity contribution in [1.29, 1.82) is 0 Å². The maximum absolute atomic E-state index is 13.0. The minimum atomic E-state index is -3.98. The number of benzene rings is 1. The minimum Gasteiger partial charge on any atom is -0.481 e. The van der Waals surface area contributed by atoms with E-state index in [-0.39, 0.29) is 18.7 Å². The smallest absolute Gasteiger partial charge is 0.305 e. The van der Waals surface area contributed by atoms with Crippen LogP contribution in [0.5, 0.6) is 0 Å². The first kappa shape index (κ1) is 18.1. The van der Waals surface area contributed by atoms with Crippen molar-refractivity contribution in [2.24, 2.45) is 4.99 Å². The number of hydrogen-bond acceptors (Lipinski definition) is 5. The fourth-order valence-corrected chi connectivity index (χ4v) is 4.90. The monoisotopic (exact) mass is 352 g/mol. The zero-order valence-corrected chi connectivity index (χ0v) is 14.6.